The molecule has 1 heterocycles. The Kier molecular flexibility index (Phi) is 2.52. The van der Waals surface area contributed by atoms with E-state index in [0.717, 1.165) is 19.4 Å². The van der Waals surface area contributed by atoms with Gasteiger partial charge in [-0.05, 0) is 25.0 Å². The van der Waals surface area contributed by atoms with Gasteiger partial charge in [0.25, 0.3) is 0 Å². The summed E-state index contributed by atoms with van der Waals surface area (Å²) in [5, 5.41) is 19.5. The van der Waals surface area contributed by atoms with Crippen LogP contribution < -0.4 is 4.90 Å². The molecule has 1 atom stereocenters. The largest absolute Gasteiger partial charge is 0.508 e. The van der Waals surface area contributed by atoms with Gasteiger partial charge in [-0.15, -0.1) is 0 Å². The Morgan fingerprint density at radius 3 is 2.86 bits per heavy atom. The maximum Gasteiger partial charge on any atom is 0.127 e. The summed E-state index contributed by atoms with van der Waals surface area (Å²) < 4.78 is 0. The predicted octanol–water partition coefficient (Wildman–Crippen LogP) is 1.96. The Labute approximate surface area is 87.5 Å². The van der Waals surface area contributed by atoms with Crippen molar-refractivity contribution in [2.45, 2.75) is 19.1 Å². The van der Waals surface area contributed by atoms with E-state index < -0.39 is 6.23 Å². The van der Waals surface area contributed by atoms with Gasteiger partial charge in [0.05, 0.1) is 10.7 Å². The lowest BCUT2D eigenvalue weighted by molar-refractivity contribution is 0.185. The summed E-state index contributed by atoms with van der Waals surface area (Å²) in [6.45, 7) is 0.782. The van der Waals surface area contributed by atoms with Crippen LogP contribution in [-0.4, -0.2) is 23.0 Å². The van der Waals surface area contributed by atoms with Crippen molar-refractivity contribution in [3.05, 3.63) is 23.2 Å². The van der Waals surface area contributed by atoms with Crippen molar-refractivity contribution in [3.8, 4) is 5.75 Å². The Balaban J connectivity index is 2.34. The van der Waals surface area contributed by atoms with Crippen LogP contribution in [0.1, 0.15) is 12.8 Å². The number of rotatable bonds is 1. The molecule has 76 valence electrons. The highest BCUT2D eigenvalue weighted by molar-refractivity contribution is 6.33. The Morgan fingerprint density at radius 1 is 1.43 bits per heavy atom. The van der Waals surface area contributed by atoms with Gasteiger partial charge in [-0.2, -0.15) is 0 Å². The molecule has 1 unspecified atom stereocenters. The minimum absolute atomic E-state index is 0.170. The second kappa shape index (κ2) is 3.67. The maximum atomic E-state index is 9.64. The number of hydrogen-bond acceptors (Lipinski definition) is 3. The van der Waals surface area contributed by atoms with Crippen molar-refractivity contribution in [3.63, 3.8) is 0 Å². The third-order valence-corrected chi connectivity index (χ3v) is 2.78. The number of aliphatic hydroxyl groups is 1. The van der Waals surface area contributed by atoms with Crippen LogP contribution >= 0.6 is 11.6 Å². The zero-order valence-electron chi connectivity index (χ0n) is 7.65. The Morgan fingerprint density at radius 2 is 2.21 bits per heavy atom. The first-order valence-electron chi connectivity index (χ1n) is 4.62. The summed E-state index contributed by atoms with van der Waals surface area (Å²) in [7, 11) is 0. The summed E-state index contributed by atoms with van der Waals surface area (Å²) in [6.07, 6.45) is 1.23. The normalized spacial score (nSPS) is 21.6. The molecule has 1 saturated heterocycles. The molecule has 2 N–H and O–H groups in total. The molecule has 1 aliphatic heterocycles. The third kappa shape index (κ3) is 1.65. The summed E-state index contributed by atoms with van der Waals surface area (Å²) in [4.78, 5) is 1.81. The van der Waals surface area contributed by atoms with Crippen molar-refractivity contribution in [2.75, 3.05) is 11.4 Å². The quantitative estimate of drug-likeness (QED) is 0.750. The molecule has 1 aromatic rings. The molecule has 4 heteroatoms. The fourth-order valence-corrected chi connectivity index (χ4v) is 1.98. The average Bonchev–Trinajstić information content (AvgIpc) is 2.56. The standard InChI is InChI=1S/C10H12ClNO2/c11-8-4-3-7(13)6-9(8)12-5-1-2-10(12)14/h3-4,6,10,13-14H,1-2,5H2. The first kappa shape index (κ1) is 9.62. The van der Waals surface area contributed by atoms with Crippen molar-refractivity contribution < 1.29 is 10.2 Å². The Hall–Kier alpha value is -0.930. The lowest BCUT2D eigenvalue weighted by atomic mass is 10.2. The number of phenolic OH excluding ortho intramolecular Hbond substituents is 1. The molecule has 0 bridgehead atoms. The molecule has 1 aliphatic rings. The zero-order chi connectivity index (χ0) is 10.1. The second-order valence-electron chi connectivity index (χ2n) is 3.45. The topological polar surface area (TPSA) is 43.7 Å². The van der Waals surface area contributed by atoms with Crippen LogP contribution in [0.5, 0.6) is 5.75 Å². The fraction of sp³-hybridized carbons (Fsp3) is 0.400. The third-order valence-electron chi connectivity index (χ3n) is 2.46. The van der Waals surface area contributed by atoms with Crippen LogP contribution in [-0.2, 0) is 0 Å². The molecule has 3 nitrogen and oxygen atoms in total. The molecule has 0 aromatic heterocycles. The first-order valence-corrected chi connectivity index (χ1v) is 4.99. The van der Waals surface area contributed by atoms with E-state index >= 15 is 0 Å². The summed E-state index contributed by atoms with van der Waals surface area (Å²) in [6, 6.07) is 4.75. The molecule has 0 saturated carbocycles. The molecule has 2 rings (SSSR count). The van der Waals surface area contributed by atoms with Crippen LogP contribution in [0.25, 0.3) is 0 Å². The van der Waals surface area contributed by atoms with E-state index in [4.69, 9.17) is 11.6 Å². The van der Waals surface area contributed by atoms with Gasteiger partial charge in [0.15, 0.2) is 0 Å². The first-order chi connectivity index (χ1) is 6.68. The van der Waals surface area contributed by atoms with E-state index in [2.05, 4.69) is 0 Å². The highest BCUT2D eigenvalue weighted by atomic mass is 35.5. The maximum absolute atomic E-state index is 9.64. The van der Waals surface area contributed by atoms with Crippen molar-refractivity contribution in [1.82, 2.24) is 0 Å². The number of hydrogen-bond donors (Lipinski definition) is 2. The highest BCUT2D eigenvalue weighted by Crippen LogP contribution is 2.33. The van der Waals surface area contributed by atoms with Gasteiger partial charge in [0.2, 0.25) is 0 Å². The van der Waals surface area contributed by atoms with E-state index in [9.17, 15) is 10.2 Å². The monoisotopic (exact) mass is 213 g/mol. The van der Waals surface area contributed by atoms with Crippen molar-refractivity contribution in [1.29, 1.82) is 0 Å². The summed E-state index contributed by atoms with van der Waals surface area (Å²) in [5.41, 5.74) is 0.705. The molecule has 1 fully saturated rings. The molecule has 0 radical (unpaired) electrons. The van der Waals surface area contributed by atoms with Gasteiger partial charge in [-0.25, -0.2) is 0 Å². The van der Waals surface area contributed by atoms with E-state index in [-0.39, 0.29) is 5.75 Å². The molecule has 0 aliphatic carbocycles. The highest BCUT2D eigenvalue weighted by Gasteiger charge is 2.24. The van der Waals surface area contributed by atoms with Crippen LogP contribution in [0, 0.1) is 0 Å². The number of benzene rings is 1. The van der Waals surface area contributed by atoms with Gasteiger partial charge < -0.3 is 15.1 Å². The van der Waals surface area contributed by atoms with Gasteiger partial charge in [-0.1, -0.05) is 11.6 Å². The molecule has 0 amide bonds. The SMILES string of the molecule is Oc1ccc(Cl)c(N2CCCC2O)c1. The van der Waals surface area contributed by atoms with Crippen LogP contribution in [0.2, 0.25) is 5.02 Å². The van der Waals surface area contributed by atoms with Crippen LogP contribution in [0.4, 0.5) is 5.69 Å². The van der Waals surface area contributed by atoms with Crippen molar-refractivity contribution in [2.24, 2.45) is 0 Å². The number of aromatic hydroxyl groups is 1. The van der Waals surface area contributed by atoms with Crippen molar-refractivity contribution >= 4 is 17.3 Å². The van der Waals surface area contributed by atoms with E-state index in [1.807, 2.05) is 4.90 Å². The molecule has 1 aromatic carbocycles. The lowest BCUT2D eigenvalue weighted by Gasteiger charge is -2.23. The van der Waals surface area contributed by atoms with Gasteiger partial charge >= 0.3 is 0 Å². The lowest BCUT2D eigenvalue weighted by Crippen LogP contribution is -2.28. The minimum atomic E-state index is -0.478. The van der Waals surface area contributed by atoms with Gasteiger partial charge in [-0.3, -0.25) is 0 Å². The van der Waals surface area contributed by atoms with Gasteiger partial charge in [0, 0.05) is 12.6 Å². The van der Waals surface area contributed by atoms with Crippen LogP contribution in [0.15, 0.2) is 18.2 Å². The minimum Gasteiger partial charge on any atom is -0.508 e. The van der Waals surface area contributed by atoms with E-state index in [0.29, 0.717) is 10.7 Å². The number of anilines is 1. The number of halogens is 1. The fourth-order valence-electron chi connectivity index (χ4n) is 1.75. The molecule has 0 spiro atoms. The summed E-state index contributed by atoms with van der Waals surface area (Å²) in [5.74, 6) is 0.170. The Bertz CT molecular complexity index is 343. The van der Waals surface area contributed by atoms with E-state index in [1.54, 1.807) is 12.1 Å². The molecular weight excluding hydrogens is 202 g/mol. The zero-order valence-corrected chi connectivity index (χ0v) is 8.41. The predicted molar refractivity (Wildman–Crippen MR) is 55.7 cm³/mol. The average molecular weight is 214 g/mol. The number of nitrogens with zero attached hydrogens (tertiary/aromatic N) is 1. The number of phenols is 1. The van der Waals surface area contributed by atoms with Crippen LogP contribution in [0.3, 0.4) is 0 Å². The smallest absolute Gasteiger partial charge is 0.127 e. The molecule has 14 heavy (non-hydrogen) atoms. The molecular formula is C10H12ClNO2. The van der Waals surface area contributed by atoms with Gasteiger partial charge in [0.1, 0.15) is 12.0 Å². The number of aliphatic hydroxyl groups excluding tert-OH is 1. The second-order valence-corrected chi connectivity index (χ2v) is 3.86. The van der Waals surface area contributed by atoms with E-state index in [1.165, 1.54) is 6.07 Å². The summed E-state index contributed by atoms with van der Waals surface area (Å²) >= 11 is 5.98.